The van der Waals surface area contributed by atoms with Crippen LogP contribution in [0.1, 0.15) is 113 Å². The van der Waals surface area contributed by atoms with Crippen LogP contribution in [0.5, 0.6) is 0 Å². The number of hydrogen-bond donors (Lipinski definition) is 1. The molecule has 2 nitrogen and oxygen atoms in total. The number of carbonyl (C=O) groups is 1. The highest BCUT2D eigenvalue weighted by molar-refractivity contribution is 5.83. The van der Waals surface area contributed by atoms with Gasteiger partial charge in [0, 0.05) is 11.5 Å². The molecule has 5 aliphatic rings. The third kappa shape index (κ3) is 2.80. The molecular weight excluding hydrogens is 402 g/mol. The van der Waals surface area contributed by atoms with Crippen LogP contribution in [0.3, 0.4) is 0 Å². The number of allylic oxidation sites excluding steroid dienone is 1. The molecule has 2 heteroatoms. The van der Waals surface area contributed by atoms with Crippen molar-refractivity contribution in [3.63, 3.8) is 0 Å². The van der Waals surface area contributed by atoms with Crippen LogP contribution in [0, 0.1) is 56.7 Å². The molecule has 0 saturated heterocycles. The Hall–Kier alpha value is -0.630. The predicted molar refractivity (Wildman–Crippen MR) is 138 cm³/mol. The van der Waals surface area contributed by atoms with Crippen LogP contribution < -0.4 is 5.73 Å². The third-order valence-corrected chi connectivity index (χ3v) is 13.9. The summed E-state index contributed by atoms with van der Waals surface area (Å²) >= 11 is 0. The lowest BCUT2D eigenvalue weighted by Gasteiger charge is -2.73. The summed E-state index contributed by atoms with van der Waals surface area (Å²) in [5, 5.41) is 0. The molecule has 0 amide bonds. The molecule has 0 aliphatic heterocycles. The Kier molecular flexibility index (Phi) is 5.26. The van der Waals surface area contributed by atoms with Crippen molar-refractivity contribution in [2.75, 3.05) is 0 Å². The van der Waals surface area contributed by atoms with Gasteiger partial charge in [-0.1, -0.05) is 46.8 Å². The topological polar surface area (TPSA) is 43.1 Å². The van der Waals surface area contributed by atoms with Crippen molar-refractivity contribution >= 4 is 5.78 Å². The van der Waals surface area contributed by atoms with E-state index in [4.69, 9.17) is 5.73 Å². The summed E-state index contributed by atoms with van der Waals surface area (Å²) in [7, 11) is 0. The van der Waals surface area contributed by atoms with Crippen molar-refractivity contribution in [3.8, 4) is 0 Å². The number of ketones is 1. The summed E-state index contributed by atoms with van der Waals surface area (Å²) in [6, 6.07) is 0.340. The van der Waals surface area contributed by atoms with E-state index in [1.165, 1.54) is 56.9 Å². The Morgan fingerprint density at radius 2 is 1.48 bits per heavy atom. The molecule has 0 aromatic heterocycles. The summed E-state index contributed by atoms with van der Waals surface area (Å²) in [4.78, 5) is 13.2. The molecule has 10 atom stereocenters. The maximum Gasteiger partial charge on any atom is 0.136 e. The van der Waals surface area contributed by atoms with Gasteiger partial charge >= 0.3 is 0 Å². The van der Waals surface area contributed by atoms with Crippen molar-refractivity contribution in [1.82, 2.24) is 0 Å². The molecule has 0 bridgehead atoms. The van der Waals surface area contributed by atoms with E-state index in [1.54, 1.807) is 0 Å². The molecule has 0 aromatic carbocycles. The standard InChI is InChI=1S/C31H51NO/c1-19(2)21-11-16-31(20(3)33)18-17-29(7)22(26(21)31)9-10-24-28(6)14-13-25(32)27(4,5)23(28)12-15-30(24,29)8/h21-26H,1,9-18,32H2,2-8H3/t21-,22+,23?,24+,25?,26?,28-,29+,30+,31+/m0/s1. The van der Waals surface area contributed by atoms with E-state index in [-0.39, 0.29) is 10.8 Å². The molecule has 3 unspecified atom stereocenters. The average molecular weight is 454 g/mol. The second-order valence-corrected chi connectivity index (χ2v) is 14.9. The number of carbonyl (C=O) groups excluding carboxylic acids is 1. The first-order chi connectivity index (χ1) is 15.3. The van der Waals surface area contributed by atoms with E-state index in [1.807, 2.05) is 6.92 Å². The van der Waals surface area contributed by atoms with Gasteiger partial charge in [0.2, 0.25) is 0 Å². The van der Waals surface area contributed by atoms with Gasteiger partial charge in [-0.3, -0.25) is 4.79 Å². The average Bonchev–Trinajstić information content (AvgIpc) is 3.13. The highest BCUT2D eigenvalue weighted by Gasteiger charge is 2.71. The smallest absolute Gasteiger partial charge is 0.136 e. The predicted octanol–water partition coefficient (Wildman–Crippen LogP) is 7.56. The van der Waals surface area contributed by atoms with E-state index >= 15 is 0 Å². The first-order valence-corrected chi connectivity index (χ1v) is 14.2. The van der Waals surface area contributed by atoms with E-state index in [0.717, 1.165) is 24.7 Å². The monoisotopic (exact) mass is 453 g/mol. The summed E-state index contributed by atoms with van der Waals surface area (Å²) in [5.74, 6) is 3.72. The Morgan fingerprint density at radius 1 is 0.788 bits per heavy atom. The SMILES string of the molecule is C=C(C)[C@@H]1CC[C@]2(C(C)=O)CC[C@]3(C)[C@H](CC[C@@H]4[C@@]5(C)CCC(N)C(C)(C)C5CC[C@]43C)C12. The number of nitrogens with two attached hydrogens (primary N) is 1. The maximum atomic E-state index is 13.2. The Labute approximate surface area is 203 Å². The van der Waals surface area contributed by atoms with Gasteiger partial charge in [0.05, 0.1) is 0 Å². The number of rotatable bonds is 2. The fourth-order valence-electron chi connectivity index (χ4n) is 11.8. The van der Waals surface area contributed by atoms with Crippen LogP contribution >= 0.6 is 0 Å². The lowest BCUT2D eigenvalue weighted by atomic mass is 9.32. The molecule has 33 heavy (non-hydrogen) atoms. The number of hydrogen-bond acceptors (Lipinski definition) is 2. The van der Waals surface area contributed by atoms with E-state index in [9.17, 15) is 4.79 Å². The van der Waals surface area contributed by atoms with Crippen molar-refractivity contribution in [1.29, 1.82) is 0 Å². The molecule has 0 heterocycles. The van der Waals surface area contributed by atoms with Crippen molar-refractivity contribution in [2.45, 2.75) is 119 Å². The minimum atomic E-state index is -0.0717. The Bertz CT molecular complexity index is 859. The van der Waals surface area contributed by atoms with E-state index in [0.29, 0.717) is 45.8 Å². The van der Waals surface area contributed by atoms with Crippen LogP contribution in [-0.2, 0) is 4.79 Å². The number of Topliss-reactive ketones (excluding diaryl/α,β-unsaturated/α-hetero) is 1. The van der Waals surface area contributed by atoms with Crippen molar-refractivity contribution < 1.29 is 4.79 Å². The largest absolute Gasteiger partial charge is 0.327 e. The van der Waals surface area contributed by atoms with Gasteiger partial charge in [-0.2, -0.15) is 0 Å². The summed E-state index contributed by atoms with van der Waals surface area (Å²) in [6.07, 6.45) is 12.5. The minimum Gasteiger partial charge on any atom is -0.327 e. The summed E-state index contributed by atoms with van der Waals surface area (Å²) < 4.78 is 0. The lowest BCUT2D eigenvalue weighted by molar-refractivity contribution is -0.236. The normalized spacial score (nSPS) is 55.0. The second kappa shape index (κ2) is 7.21. The molecule has 5 saturated carbocycles. The van der Waals surface area contributed by atoms with E-state index in [2.05, 4.69) is 48.1 Å². The van der Waals surface area contributed by atoms with Gasteiger partial charge in [0.25, 0.3) is 0 Å². The molecule has 0 radical (unpaired) electrons. The zero-order valence-corrected chi connectivity index (χ0v) is 22.7. The van der Waals surface area contributed by atoms with Gasteiger partial charge < -0.3 is 5.73 Å². The van der Waals surface area contributed by atoms with Crippen LogP contribution in [0.4, 0.5) is 0 Å². The molecule has 186 valence electrons. The molecule has 0 aromatic rings. The van der Waals surface area contributed by atoms with E-state index < -0.39 is 0 Å². The highest BCUT2D eigenvalue weighted by atomic mass is 16.1. The van der Waals surface area contributed by atoms with Gasteiger partial charge in [-0.25, -0.2) is 0 Å². The highest BCUT2D eigenvalue weighted by Crippen LogP contribution is 2.77. The fourth-order valence-corrected chi connectivity index (χ4v) is 11.8. The Balaban J connectivity index is 1.57. The van der Waals surface area contributed by atoms with Crippen molar-refractivity contribution in [3.05, 3.63) is 12.2 Å². The molecule has 0 spiro atoms. The second-order valence-electron chi connectivity index (χ2n) is 14.9. The van der Waals surface area contributed by atoms with Gasteiger partial charge in [-0.15, -0.1) is 0 Å². The van der Waals surface area contributed by atoms with Crippen LogP contribution in [0.15, 0.2) is 12.2 Å². The lowest BCUT2D eigenvalue weighted by Crippen LogP contribution is -2.67. The molecule has 5 fully saturated rings. The molecule has 5 rings (SSSR count). The fraction of sp³-hybridized carbons (Fsp3) is 0.903. The quantitative estimate of drug-likeness (QED) is 0.438. The first-order valence-electron chi connectivity index (χ1n) is 14.2. The third-order valence-electron chi connectivity index (χ3n) is 13.9. The van der Waals surface area contributed by atoms with Gasteiger partial charge in [0.15, 0.2) is 0 Å². The number of fused-ring (bicyclic) bond motifs is 7. The zero-order chi connectivity index (χ0) is 24.2. The van der Waals surface area contributed by atoms with Crippen molar-refractivity contribution in [2.24, 2.45) is 62.4 Å². The van der Waals surface area contributed by atoms with Gasteiger partial charge in [-0.05, 0) is 129 Å². The van der Waals surface area contributed by atoms with Crippen LogP contribution in [0.2, 0.25) is 0 Å². The Morgan fingerprint density at radius 3 is 2.12 bits per heavy atom. The summed E-state index contributed by atoms with van der Waals surface area (Å²) in [6.45, 7) is 21.5. The zero-order valence-electron chi connectivity index (χ0n) is 22.7. The first kappa shape index (κ1) is 24.1. The molecular formula is C31H51NO. The minimum absolute atomic E-state index is 0.0717. The maximum absolute atomic E-state index is 13.2. The molecule has 2 N–H and O–H groups in total. The molecule has 5 aliphatic carbocycles. The summed E-state index contributed by atoms with van der Waals surface area (Å²) in [5.41, 5.74) is 9.31. The van der Waals surface area contributed by atoms with Crippen LogP contribution in [-0.4, -0.2) is 11.8 Å². The van der Waals surface area contributed by atoms with Gasteiger partial charge in [0.1, 0.15) is 5.78 Å². The van der Waals surface area contributed by atoms with Crippen LogP contribution in [0.25, 0.3) is 0 Å².